The Hall–Kier alpha value is -0.680. The second-order valence-corrected chi connectivity index (χ2v) is 3.82. The van der Waals surface area contributed by atoms with E-state index < -0.39 is 5.97 Å². The number of carbonyl (C=O) groups is 1. The van der Waals surface area contributed by atoms with Crippen molar-refractivity contribution in [2.75, 3.05) is 0 Å². The predicted molar refractivity (Wildman–Crippen MR) is 39.8 cm³/mol. The fourth-order valence-electron chi connectivity index (χ4n) is 0.496. The molecule has 0 aliphatic carbocycles. The average molecular weight is 176 g/mol. The van der Waals surface area contributed by atoms with Crippen molar-refractivity contribution in [2.45, 2.75) is 6.42 Å². The Balaban J connectivity index is 2.76. The highest BCUT2D eigenvalue weighted by molar-refractivity contribution is 7.26. The molecule has 0 bridgehead atoms. The minimum absolute atomic E-state index is 0.0383. The smallest absolute Gasteiger partial charge is 0.308 e. The summed E-state index contributed by atoms with van der Waals surface area (Å²) in [5.41, 5.74) is 0. The fourth-order valence-corrected chi connectivity index (χ4v) is 2.21. The van der Waals surface area contributed by atoms with Gasteiger partial charge in [0.2, 0.25) is 0 Å². The summed E-state index contributed by atoms with van der Waals surface area (Å²) >= 11 is 2.04. The Labute approximate surface area is 64.6 Å². The van der Waals surface area contributed by atoms with Crippen molar-refractivity contribution in [3.05, 3.63) is 19.1 Å². The number of rotatable bonds is 2. The van der Waals surface area contributed by atoms with Gasteiger partial charge in [-0.25, -0.2) is 0 Å². The average Bonchev–Trinajstić information content (AvgIpc) is 2.13. The molecule has 54 valence electrons. The van der Waals surface area contributed by atoms with Gasteiger partial charge >= 0.3 is 5.97 Å². The summed E-state index contributed by atoms with van der Waals surface area (Å²) in [5.74, 6) is -0.894. The Bertz CT molecular complexity index is 285. The third-order valence-electron chi connectivity index (χ3n) is 0.826. The maximum Gasteiger partial charge on any atom is 0.308 e. The summed E-state index contributed by atoms with van der Waals surface area (Å²) in [6.45, 7) is 0. The lowest BCUT2D eigenvalue weighted by Crippen LogP contribution is -1.97. The molecule has 0 saturated heterocycles. The SMILES string of the molecule is O=C(O)Cc1csc(=O)s1. The molecule has 1 rings (SSSR count). The molecule has 0 atom stereocenters. The van der Waals surface area contributed by atoms with Crippen LogP contribution >= 0.6 is 22.7 Å². The Morgan fingerprint density at radius 1 is 1.70 bits per heavy atom. The van der Waals surface area contributed by atoms with Gasteiger partial charge in [-0.05, 0) is 0 Å². The van der Waals surface area contributed by atoms with Crippen LogP contribution in [-0.4, -0.2) is 11.1 Å². The highest BCUT2D eigenvalue weighted by Crippen LogP contribution is 2.07. The van der Waals surface area contributed by atoms with E-state index in [1.54, 1.807) is 5.38 Å². The van der Waals surface area contributed by atoms with E-state index in [-0.39, 0.29) is 10.5 Å². The maximum atomic E-state index is 10.5. The molecular weight excluding hydrogens is 172 g/mol. The van der Waals surface area contributed by atoms with Crippen LogP contribution in [0.1, 0.15) is 4.88 Å². The molecule has 0 aliphatic heterocycles. The van der Waals surface area contributed by atoms with E-state index in [2.05, 4.69) is 0 Å². The number of hydrogen-bond donors (Lipinski definition) is 1. The lowest BCUT2D eigenvalue weighted by Gasteiger charge is -1.83. The van der Waals surface area contributed by atoms with Crippen molar-refractivity contribution in [2.24, 2.45) is 0 Å². The van der Waals surface area contributed by atoms with Gasteiger partial charge in [-0.1, -0.05) is 22.7 Å². The molecule has 3 nitrogen and oxygen atoms in total. The van der Waals surface area contributed by atoms with Gasteiger partial charge in [0.1, 0.15) is 0 Å². The van der Waals surface area contributed by atoms with Crippen molar-refractivity contribution in [3.63, 3.8) is 0 Å². The van der Waals surface area contributed by atoms with E-state index in [1.165, 1.54) is 0 Å². The molecule has 5 heteroatoms. The third kappa shape index (κ3) is 1.93. The molecule has 0 aliphatic rings. The normalized spacial score (nSPS) is 9.60. The van der Waals surface area contributed by atoms with Crippen LogP contribution in [-0.2, 0) is 11.2 Å². The predicted octanol–water partition coefficient (Wildman–Crippen LogP) is 0.797. The van der Waals surface area contributed by atoms with Gasteiger partial charge in [0.05, 0.1) is 6.42 Å². The zero-order chi connectivity index (χ0) is 7.56. The van der Waals surface area contributed by atoms with Crippen LogP contribution in [0.4, 0.5) is 0 Å². The Morgan fingerprint density at radius 2 is 2.40 bits per heavy atom. The van der Waals surface area contributed by atoms with Crippen LogP contribution in [0, 0.1) is 0 Å². The summed E-state index contributed by atoms with van der Waals surface area (Å²) in [7, 11) is 0. The maximum absolute atomic E-state index is 10.5. The first-order valence-corrected chi connectivity index (χ1v) is 4.17. The lowest BCUT2D eigenvalue weighted by molar-refractivity contribution is -0.136. The summed E-state index contributed by atoms with van der Waals surface area (Å²) in [6.07, 6.45) is -0.0383. The van der Waals surface area contributed by atoms with Crippen LogP contribution in [0.15, 0.2) is 10.2 Å². The van der Waals surface area contributed by atoms with E-state index in [0.717, 1.165) is 22.7 Å². The van der Waals surface area contributed by atoms with E-state index in [9.17, 15) is 9.59 Å². The quantitative estimate of drug-likeness (QED) is 0.725. The molecule has 0 unspecified atom stereocenters. The Kier molecular flexibility index (Phi) is 2.18. The van der Waals surface area contributed by atoms with Crippen molar-refractivity contribution in [1.82, 2.24) is 0 Å². The van der Waals surface area contributed by atoms with E-state index in [1.807, 2.05) is 0 Å². The van der Waals surface area contributed by atoms with E-state index in [4.69, 9.17) is 5.11 Å². The second kappa shape index (κ2) is 2.94. The molecule has 0 fully saturated rings. The van der Waals surface area contributed by atoms with Crippen molar-refractivity contribution < 1.29 is 9.90 Å². The van der Waals surface area contributed by atoms with Crippen LogP contribution in [0.3, 0.4) is 0 Å². The molecule has 1 aromatic heterocycles. The molecular formula is C5H4O3S2. The second-order valence-electron chi connectivity index (χ2n) is 1.62. The highest BCUT2D eigenvalue weighted by atomic mass is 32.2. The third-order valence-corrected chi connectivity index (χ3v) is 2.80. The van der Waals surface area contributed by atoms with Crippen LogP contribution in [0.2, 0.25) is 0 Å². The van der Waals surface area contributed by atoms with Gasteiger partial charge in [-0.3, -0.25) is 9.59 Å². The monoisotopic (exact) mass is 176 g/mol. The summed E-state index contributed by atoms with van der Waals surface area (Å²) < 4.78 is -0.0451. The van der Waals surface area contributed by atoms with Gasteiger partial charge in [-0.15, -0.1) is 0 Å². The van der Waals surface area contributed by atoms with E-state index >= 15 is 0 Å². The molecule has 0 spiro atoms. The van der Waals surface area contributed by atoms with E-state index in [0.29, 0.717) is 4.88 Å². The first-order valence-electron chi connectivity index (χ1n) is 2.48. The van der Waals surface area contributed by atoms with Crippen molar-refractivity contribution in [3.8, 4) is 0 Å². The first-order chi connectivity index (χ1) is 4.68. The zero-order valence-corrected chi connectivity index (χ0v) is 6.50. The highest BCUT2D eigenvalue weighted by Gasteiger charge is 2.02. The molecule has 1 N–H and O–H groups in total. The summed E-state index contributed by atoms with van der Waals surface area (Å²) in [5, 5.41) is 9.87. The van der Waals surface area contributed by atoms with Crippen LogP contribution < -0.4 is 4.06 Å². The van der Waals surface area contributed by atoms with Crippen LogP contribution in [0.25, 0.3) is 0 Å². The van der Waals surface area contributed by atoms with Crippen molar-refractivity contribution in [1.29, 1.82) is 0 Å². The zero-order valence-electron chi connectivity index (χ0n) is 4.86. The van der Waals surface area contributed by atoms with Gasteiger partial charge in [0.15, 0.2) is 0 Å². The number of hydrogen-bond acceptors (Lipinski definition) is 4. The topological polar surface area (TPSA) is 54.4 Å². The molecule has 1 aromatic rings. The first kappa shape index (κ1) is 7.43. The molecule has 10 heavy (non-hydrogen) atoms. The Morgan fingerprint density at radius 3 is 2.80 bits per heavy atom. The lowest BCUT2D eigenvalue weighted by atomic mass is 10.4. The minimum Gasteiger partial charge on any atom is -0.481 e. The number of aliphatic carboxylic acids is 1. The molecule has 0 amide bonds. The largest absolute Gasteiger partial charge is 0.481 e. The molecule has 1 heterocycles. The standard InChI is InChI=1S/C5H4O3S2/c6-4(7)1-3-2-9-5(8)10-3/h2H,1H2,(H,6,7). The van der Waals surface area contributed by atoms with Gasteiger partial charge in [-0.2, -0.15) is 0 Å². The molecule has 0 saturated carbocycles. The van der Waals surface area contributed by atoms with Crippen molar-refractivity contribution >= 4 is 28.6 Å². The molecule has 0 aromatic carbocycles. The fraction of sp³-hybridized carbons (Fsp3) is 0.200. The summed E-state index contributed by atoms with van der Waals surface area (Å²) in [6, 6.07) is 0. The minimum atomic E-state index is -0.894. The van der Waals surface area contributed by atoms with Gasteiger partial charge in [0.25, 0.3) is 4.06 Å². The number of carboxylic acid groups (broad SMARTS) is 1. The summed E-state index contributed by atoms with van der Waals surface area (Å²) in [4.78, 5) is 21.2. The van der Waals surface area contributed by atoms with Crippen LogP contribution in [0.5, 0.6) is 0 Å². The number of carboxylic acids is 1. The van der Waals surface area contributed by atoms with Gasteiger partial charge < -0.3 is 5.11 Å². The molecule has 0 radical (unpaired) electrons. The van der Waals surface area contributed by atoms with Gasteiger partial charge in [0, 0.05) is 10.3 Å².